The molecule has 2 unspecified atom stereocenters. The number of fused-ring (bicyclic) bond motifs is 1. The molecule has 2 fully saturated rings. The van der Waals surface area contributed by atoms with E-state index in [9.17, 15) is 22.8 Å². The average molecular weight is 488 g/mol. The van der Waals surface area contributed by atoms with Gasteiger partial charge in [0, 0.05) is 24.8 Å². The molecule has 2 aromatic heterocycles. The number of amides is 2. The Morgan fingerprint density at radius 3 is 2.74 bits per heavy atom. The summed E-state index contributed by atoms with van der Waals surface area (Å²) in [6.45, 7) is 0.375. The summed E-state index contributed by atoms with van der Waals surface area (Å²) in [5.74, 6) is -1.11. The lowest BCUT2D eigenvalue weighted by molar-refractivity contribution is 0.0754. The molecule has 2 saturated heterocycles. The van der Waals surface area contributed by atoms with E-state index in [-0.39, 0.29) is 36.3 Å². The molecule has 0 spiro atoms. The molecule has 2 N–H and O–H groups in total. The molecule has 0 bridgehead atoms. The second-order valence-electron chi connectivity index (χ2n) is 8.74. The number of alkyl halides is 1. The first-order valence-corrected chi connectivity index (χ1v) is 11.3. The quantitative estimate of drug-likeness (QED) is 0.585. The van der Waals surface area contributed by atoms with Gasteiger partial charge in [-0.15, -0.1) is 0 Å². The van der Waals surface area contributed by atoms with Gasteiger partial charge in [0.05, 0.1) is 24.8 Å². The van der Waals surface area contributed by atoms with Crippen LogP contribution in [0.3, 0.4) is 0 Å². The van der Waals surface area contributed by atoms with Crippen molar-refractivity contribution in [1.82, 2.24) is 24.8 Å². The van der Waals surface area contributed by atoms with Crippen LogP contribution in [0.5, 0.6) is 0 Å². The number of halogens is 3. The van der Waals surface area contributed by atoms with Crippen molar-refractivity contribution >= 4 is 23.5 Å². The number of nitrogens with zero attached hydrogens (tertiary/aromatic N) is 5. The number of likely N-dealkylation sites (tertiary alicyclic amines) is 1. The molecule has 2 aliphatic heterocycles. The van der Waals surface area contributed by atoms with Gasteiger partial charge < -0.3 is 20.2 Å². The molecule has 0 saturated carbocycles. The lowest BCUT2D eigenvalue weighted by Crippen LogP contribution is -2.53. The minimum absolute atomic E-state index is 0.116. The number of carboxylic acid groups (broad SMARTS) is 1. The number of carbonyl (C=O) groups is 2. The Morgan fingerprint density at radius 2 is 1.97 bits per heavy atom. The minimum Gasteiger partial charge on any atom is -0.465 e. The summed E-state index contributed by atoms with van der Waals surface area (Å²) in [6.07, 6.45) is 1.73. The Kier molecular flexibility index (Phi) is 5.95. The first-order valence-electron chi connectivity index (χ1n) is 11.3. The molecular formula is C23H23F3N6O3. The Morgan fingerprint density at radius 1 is 1.14 bits per heavy atom. The third-order valence-corrected chi connectivity index (χ3v) is 6.59. The van der Waals surface area contributed by atoms with Gasteiger partial charge in [-0.3, -0.25) is 4.79 Å². The number of rotatable bonds is 4. The van der Waals surface area contributed by atoms with Crippen molar-refractivity contribution in [2.24, 2.45) is 0 Å². The fourth-order valence-electron chi connectivity index (χ4n) is 4.80. The van der Waals surface area contributed by atoms with Crippen molar-refractivity contribution < 1.29 is 27.9 Å². The van der Waals surface area contributed by atoms with Crippen molar-refractivity contribution in [1.29, 1.82) is 0 Å². The molecule has 3 aromatic rings. The maximum Gasteiger partial charge on any atom is 0.407 e. The largest absolute Gasteiger partial charge is 0.465 e. The molecule has 9 nitrogen and oxygen atoms in total. The molecule has 5 rings (SSSR count). The van der Waals surface area contributed by atoms with Gasteiger partial charge in [-0.1, -0.05) is 0 Å². The number of anilines is 1. The van der Waals surface area contributed by atoms with Crippen molar-refractivity contribution in [3.63, 3.8) is 0 Å². The Hall–Kier alpha value is -3.83. The minimum atomic E-state index is -1.54. The zero-order valence-electron chi connectivity index (χ0n) is 18.6. The van der Waals surface area contributed by atoms with Crippen molar-refractivity contribution in [3.8, 4) is 0 Å². The maximum absolute atomic E-state index is 14.5. The molecule has 3 atom stereocenters. The number of carbonyl (C=O) groups excluding carboxylic acids is 1. The van der Waals surface area contributed by atoms with E-state index < -0.39 is 41.9 Å². The molecule has 1 aromatic carbocycles. The van der Waals surface area contributed by atoms with Gasteiger partial charge in [-0.05, 0) is 43.5 Å². The summed E-state index contributed by atoms with van der Waals surface area (Å²) < 4.78 is 44.2. The Bertz CT molecular complexity index is 1280. The van der Waals surface area contributed by atoms with Crippen LogP contribution < -0.4 is 10.2 Å². The molecule has 4 heterocycles. The summed E-state index contributed by atoms with van der Waals surface area (Å²) >= 11 is 0. The predicted octanol–water partition coefficient (Wildman–Crippen LogP) is 3.17. The first-order chi connectivity index (χ1) is 16.8. The van der Waals surface area contributed by atoms with Gasteiger partial charge in [-0.2, -0.15) is 5.10 Å². The topological polar surface area (TPSA) is 103 Å². The van der Waals surface area contributed by atoms with Gasteiger partial charge in [-0.25, -0.2) is 27.5 Å². The fraction of sp³-hybridized carbons (Fsp3) is 0.391. The van der Waals surface area contributed by atoms with E-state index in [1.165, 1.54) is 16.8 Å². The SMILES string of the molecule is O=C(NC1CCN(C(=O)O)CC1F)c1cnn2ccc(N3CCC[C@@H]3c3cc(F)ccc3F)nc12. The van der Waals surface area contributed by atoms with Gasteiger partial charge in [0.15, 0.2) is 5.65 Å². The Labute approximate surface area is 198 Å². The van der Waals surface area contributed by atoms with Gasteiger partial charge in [0.1, 0.15) is 29.2 Å². The normalized spacial score (nSPS) is 22.5. The highest BCUT2D eigenvalue weighted by atomic mass is 19.1. The monoisotopic (exact) mass is 488 g/mol. The second kappa shape index (κ2) is 9.08. The summed E-state index contributed by atoms with van der Waals surface area (Å²) in [6, 6.07) is 3.82. The van der Waals surface area contributed by atoms with Crippen LogP contribution in [0.2, 0.25) is 0 Å². The molecule has 0 radical (unpaired) electrons. The molecule has 12 heteroatoms. The third kappa shape index (κ3) is 4.35. The smallest absolute Gasteiger partial charge is 0.407 e. The van der Waals surface area contributed by atoms with Crippen LogP contribution in [-0.2, 0) is 0 Å². The van der Waals surface area contributed by atoms with Crippen LogP contribution in [-0.4, -0.2) is 68.5 Å². The molecular weight excluding hydrogens is 465 g/mol. The van der Waals surface area contributed by atoms with Crippen LogP contribution in [0.25, 0.3) is 5.65 Å². The van der Waals surface area contributed by atoms with Crippen LogP contribution in [0.4, 0.5) is 23.8 Å². The zero-order chi connectivity index (χ0) is 24.7. The molecule has 35 heavy (non-hydrogen) atoms. The van der Waals surface area contributed by atoms with Gasteiger partial charge in [0.25, 0.3) is 5.91 Å². The van der Waals surface area contributed by atoms with Crippen molar-refractivity contribution in [3.05, 3.63) is 59.4 Å². The number of hydrogen-bond acceptors (Lipinski definition) is 5. The molecule has 0 aliphatic carbocycles. The lowest BCUT2D eigenvalue weighted by atomic mass is 10.0. The van der Waals surface area contributed by atoms with Crippen molar-refractivity contribution in [2.45, 2.75) is 37.5 Å². The lowest BCUT2D eigenvalue weighted by Gasteiger charge is -2.33. The summed E-state index contributed by atoms with van der Waals surface area (Å²) in [5, 5.41) is 15.8. The number of nitrogens with one attached hydrogen (secondary N) is 1. The predicted molar refractivity (Wildman–Crippen MR) is 119 cm³/mol. The molecule has 184 valence electrons. The summed E-state index contributed by atoms with van der Waals surface area (Å²) in [4.78, 5) is 31.4. The number of hydrogen-bond donors (Lipinski definition) is 2. The number of piperidine rings is 1. The third-order valence-electron chi connectivity index (χ3n) is 6.59. The summed E-state index contributed by atoms with van der Waals surface area (Å²) in [7, 11) is 0. The van der Waals surface area contributed by atoms with E-state index in [1.807, 2.05) is 4.90 Å². The second-order valence-corrected chi connectivity index (χ2v) is 8.74. The summed E-state index contributed by atoms with van der Waals surface area (Å²) in [5.41, 5.74) is 0.619. The highest BCUT2D eigenvalue weighted by molar-refractivity contribution is 6.00. The van der Waals surface area contributed by atoms with Crippen LogP contribution >= 0.6 is 0 Å². The van der Waals surface area contributed by atoms with E-state index in [1.54, 1.807) is 12.3 Å². The van der Waals surface area contributed by atoms with Crippen LogP contribution in [0.1, 0.15) is 41.2 Å². The molecule has 2 amide bonds. The maximum atomic E-state index is 14.5. The van der Waals surface area contributed by atoms with Crippen molar-refractivity contribution in [2.75, 3.05) is 24.5 Å². The first kappa shape index (κ1) is 22.9. The standard InChI is InChI=1S/C23H23F3N6O3/c24-13-3-4-16(25)14(10-13)19-2-1-7-31(19)20-6-9-32-21(29-20)15(11-27-32)22(33)28-18-5-8-30(23(34)35)12-17(18)26/h3-4,6,9-11,17-19H,1-2,5,7-8,12H2,(H,28,33)(H,34,35)/t17?,18?,19-/m1/s1. The average Bonchev–Trinajstić information content (AvgIpc) is 3.48. The van der Waals surface area contributed by atoms with Crippen LogP contribution in [0.15, 0.2) is 36.7 Å². The number of benzene rings is 1. The van der Waals surface area contributed by atoms with E-state index in [0.29, 0.717) is 18.8 Å². The zero-order valence-corrected chi connectivity index (χ0v) is 18.6. The highest BCUT2D eigenvalue weighted by Crippen LogP contribution is 2.36. The fourth-order valence-corrected chi connectivity index (χ4v) is 4.80. The van der Waals surface area contributed by atoms with Gasteiger partial charge in [0.2, 0.25) is 0 Å². The van der Waals surface area contributed by atoms with Crippen LogP contribution in [0, 0.1) is 11.6 Å². The van der Waals surface area contributed by atoms with E-state index >= 15 is 0 Å². The number of aromatic nitrogens is 3. The van der Waals surface area contributed by atoms with E-state index in [4.69, 9.17) is 5.11 Å². The van der Waals surface area contributed by atoms with E-state index in [0.717, 1.165) is 23.5 Å². The Balaban J connectivity index is 1.38. The van der Waals surface area contributed by atoms with E-state index in [2.05, 4.69) is 15.4 Å². The molecule has 2 aliphatic rings. The highest BCUT2D eigenvalue weighted by Gasteiger charge is 2.34. The van der Waals surface area contributed by atoms with Gasteiger partial charge >= 0.3 is 6.09 Å².